The van der Waals surface area contributed by atoms with Gasteiger partial charge in [-0.2, -0.15) is 0 Å². The topological polar surface area (TPSA) is 210 Å². The number of phosphoric acid groups is 1. The van der Waals surface area contributed by atoms with Gasteiger partial charge in [0.2, 0.25) is 0 Å². The number of aliphatic hydroxyl groups is 5. The molecule has 8 atom stereocenters. The maximum absolute atomic E-state index is 12.7. The Morgan fingerprint density at radius 1 is 0.724 bits per heavy atom. The van der Waals surface area contributed by atoms with Crippen LogP contribution in [0.3, 0.4) is 0 Å². The number of esters is 2. The average molecular weight is 843 g/mol. The van der Waals surface area contributed by atoms with Gasteiger partial charge in [-0.05, 0) is 76.5 Å². The van der Waals surface area contributed by atoms with Crippen LogP contribution in [0, 0.1) is 11.8 Å². The monoisotopic (exact) mass is 842 g/mol. The van der Waals surface area contributed by atoms with Crippen LogP contribution in [0.5, 0.6) is 0 Å². The first-order chi connectivity index (χ1) is 27.9. The van der Waals surface area contributed by atoms with Crippen LogP contribution in [0.2, 0.25) is 0 Å². The molecule has 6 N–H and O–H groups in total. The molecule has 13 nitrogen and oxygen atoms in total. The maximum atomic E-state index is 12.7. The van der Waals surface area contributed by atoms with Crippen molar-refractivity contribution in [2.75, 3.05) is 26.4 Å². The molecular weight excluding hydrogens is 767 g/mol. The second-order valence-corrected chi connectivity index (χ2v) is 16.4. The standard InChI is InChI=1S/C44H75O13P/c1-3-5-7-8-9-10-11-12-13-14-15-16-17-18-23-27-43(50)54-34-38(35-56-58(52,53)55-33-37(47)32-45)57-44(51)28-24-20-19-22-26-39-40(42(49)31-41(39)48)30-29-36(46)25-21-6-4-2/h9-10,12-13,15-16,19,22,29-30,36-42,45-49H,3-8,11,14,17-18,20-21,23-28,31-35H2,1-2H3,(H,52,53)/b10-9-,13-12-,16-15-,22-19+,30-29+/t36-,37-,38+,39+,40+,41-,42+/m0/s1. The van der Waals surface area contributed by atoms with Crippen molar-refractivity contribution < 1.29 is 63.1 Å². The van der Waals surface area contributed by atoms with Crippen molar-refractivity contribution in [3.05, 3.63) is 60.8 Å². The number of phosphoric ester groups is 1. The first kappa shape index (κ1) is 53.6. The fraction of sp³-hybridized carbons (Fsp3) is 0.727. The smallest absolute Gasteiger partial charge is 0.462 e. The fourth-order valence-electron chi connectivity index (χ4n) is 6.29. The van der Waals surface area contributed by atoms with Gasteiger partial charge in [-0.1, -0.05) is 107 Å². The molecule has 1 aliphatic rings. The van der Waals surface area contributed by atoms with Gasteiger partial charge in [-0.3, -0.25) is 18.6 Å². The molecule has 0 aromatic rings. The number of ether oxygens (including phenoxy) is 2. The summed E-state index contributed by atoms with van der Waals surface area (Å²) in [4.78, 5) is 35.1. The Morgan fingerprint density at radius 2 is 1.31 bits per heavy atom. The van der Waals surface area contributed by atoms with E-state index in [1.54, 1.807) is 6.08 Å². The van der Waals surface area contributed by atoms with Crippen molar-refractivity contribution in [1.29, 1.82) is 0 Å². The molecule has 0 bridgehead atoms. The summed E-state index contributed by atoms with van der Waals surface area (Å²) in [5.41, 5.74) is 0. The number of carbonyl (C=O) groups is 2. The van der Waals surface area contributed by atoms with Gasteiger partial charge >= 0.3 is 19.8 Å². The van der Waals surface area contributed by atoms with Gasteiger partial charge in [0, 0.05) is 25.2 Å². The zero-order chi connectivity index (χ0) is 42.9. The van der Waals surface area contributed by atoms with E-state index in [0.29, 0.717) is 32.1 Å². The third-order valence-electron chi connectivity index (χ3n) is 9.71. The van der Waals surface area contributed by atoms with Gasteiger partial charge in [-0.15, -0.1) is 0 Å². The highest BCUT2D eigenvalue weighted by atomic mass is 31.2. The van der Waals surface area contributed by atoms with Gasteiger partial charge in [-0.25, -0.2) is 4.57 Å². The molecule has 0 spiro atoms. The van der Waals surface area contributed by atoms with E-state index in [-0.39, 0.29) is 31.1 Å². The highest BCUT2D eigenvalue weighted by Gasteiger charge is 2.39. The van der Waals surface area contributed by atoms with Gasteiger partial charge in [0.15, 0.2) is 6.10 Å². The molecule has 0 aliphatic heterocycles. The van der Waals surface area contributed by atoms with Crippen molar-refractivity contribution in [3.8, 4) is 0 Å². The molecule has 1 unspecified atom stereocenters. The first-order valence-corrected chi connectivity index (χ1v) is 23.0. The number of allylic oxidation sites excluding steroid dienone is 8. The third kappa shape index (κ3) is 28.1. The Morgan fingerprint density at radius 3 is 1.98 bits per heavy atom. The van der Waals surface area contributed by atoms with Crippen LogP contribution < -0.4 is 0 Å². The molecule has 1 fully saturated rings. The minimum atomic E-state index is -4.70. The molecule has 14 heteroatoms. The quantitative estimate of drug-likeness (QED) is 0.0158. The summed E-state index contributed by atoms with van der Waals surface area (Å²) in [5.74, 6) is -1.64. The lowest BCUT2D eigenvalue weighted by Crippen LogP contribution is -2.29. The molecule has 0 saturated heterocycles. The summed E-state index contributed by atoms with van der Waals surface area (Å²) < 4.78 is 32.6. The Kier molecular flexibility index (Phi) is 31.7. The van der Waals surface area contributed by atoms with Crippen LogP contribution >= 0.6 is 7.82 Å². The molecule has 0 radical (unpaired) electrons. The van der Waals surface area contributed by atoms with Crippen molar-refractivity contribution in [2.45, 2.75) is 166 Å². The second kappa shape index (κ2) is 34.3. The molecule has 0 aromatic carbocycles. The van der Waals surface area contributed by atoms with Crippen molar-refractivity contribution >= 4 is 19.8 Å². The van der Waals surface area contributed by atoms with E-state index in [9.17, 15) is 39.5 Å². The van der Waals surface area contributed by atoms with E-state index in [1.807, 2.05) is 18.2 Å². The molecule has 1 rings (SSSR count). The molecule has 0 amide bonds. The van der Waals surface area contributed by atoms with E-state index < -0.39 is 76.7 Å². The predicted octanol–water partition coefficient (Wildman–Crippen LogP) is 7.49. The van der Waals surface area contributed by atoms with Gasteiger partial charge in [0.05, 0.1) is 38.1 Å². The summed E-state index contributed by atoms with van der Waals surface area (Å²) in [5, 5.41) is 49.7. The zero-order valence-electron chi connectivity index (χ0n) is 35.1. The van der Waals surface area contributed by atoms with Crippen molar-refractivity contribution in [3.63, 3.8) is 0 Å². The van der Waals surface area contributed by atoms with Crippen LogP contribution in [-0.2, 0) is 32.7 Å². The number of carbonyl (C=O) groups excluding carboxylic acids is 2. The zero-order valence-corrected chi connectivity index (χ0v) is 36.0. The number of aliphatic hydroxyl groups excluding tert-OH is 5. The van der Waals surface area contributed by atoms with E-state index in [2.05, 4.69) is 54.8 Å². The van der Waals surface area contributed by atoms with E-state index in [0.717, 1.165) is 51.4 Å². The molecule has 58 heavy (non-hydrogen) atoms. The number of hydrogen-bond donors (Lipinski definition) is 6. The fourth-order valence-corrected chi connectivity index (χ4v) is 7.08. The molecular formula is C44H75O13P. The largest absolute Gasteiger partial charge is 0.472 e. The third-order valence-corrected chi connectivity index (χ3v) is 10.7. The normalized spacial score (nSPS) is 21.4. The van der Waals surface area contributed by atoms with Crippen molar-refractivity contribution in [1.82, 2.24) is 0 Å². The molecule has 1 saturated carbocycles. The van der Waals surface area contributed by atoms with Crippen molar-refractivity contribution in [2.24, 2.45) is 11.8 Å². The van der Waals surface area contributed by atoms with E-state index in [1.165, 1.54) is 19.3 Å². The highest BCUT2D eigenvalue weighted by molar-refractivity contribution is 7.47. The number of unbranched alkanes of at least 4 members (excludes halogenated alkanes) is 8. The van der Waals surface area contributed by atoms with Gasteiger partial charge in [0.1, 0.15) is 12.7 Å². The van der Waals surface area contributed by atoms with E-state index in [4.69, 9.17) is 19.1 Å². The SMILES string of the molecule is CCCCC/C=C\C/C=C\C/C=C\CCCCC(=O)OC[C@H](COP(=O)(O)OC[C@@H](O)CO)OC(=O)CCC/C=C/C[C@@H]1[C@@H](/C=C/[C@@H](O)CCCCC)[C@H](O)C[C@@H]1O. The lowest BCUT2D eigenvalue weighted by atomic mass is 9.89. The molecule has 0 heterocycles. The lowest BCUT2D eigenvalue weighted by molar-refractivity contribution is -0.161. The average Bonchev–Trinajstić information content (AvgIpc) is 3.47. The first-order valence-electron chi connectivity index (χ1n) is 21.5. The Balaban J connectivity index is 2.53. The number of hydrogen-bond acceptors (Lipinski definition) is 12. The molecule has 0 aromatic heterocycles. The predicted molar refractivity (Wildman–Crippen MR) is 225 cm³/mol. The molecule has 334 valence electrons. The second-order valence-electron chi connectivity index (χ2n) is 15.0. The Bertz CT molecular complexity index is 1270. The summed E-state index contributed by atoms with van der Waals surface area (Å²) >= 11 is 0. The van der Waals surface area contributed by atoms with Gasteiger partial charge < -0.3 is 39.9 Å². The summed E-state index contributed by atoms with van der Waals surface area (Å²) in [7, 11) is -4.70. The Labute approximate surface area is 347 Å². The summed E-state index contributed by atoms with van der Waals surface area (Å²) in [6, 6.07) is 0. The van der Waals surface area contributed by atoms with Crippen LogP contribution in [-0.4, -0.2) is 99.3 Å². The summed E-state index contributed by atoms with van der Waals surface area (Å²) in [6.07, 6.45) is 30.0. The highest BCUT2D eigenvalue weighted by Crippen LogP contribution is 2.43. The van der Waals surface area contributed by atoms with Crippen LogP contribution in [0.25, 0.3) is 0 Å². The number of rotatable bonds is 35. The summed E-state index contributed by atoms with van der Waals surface area (Å²) in [6.45, 7) is 1.90. The van der Waals surface area contributed by atoms with Crippen LogP contribution in [0.4, 0.5) is 0 Å². The minimum absolute atomic E-state index is 0.00367. The van der Waals surface area contributed by atoms with Gasteiger partial charge in [0.25, 0.3) is 0 Å². The Hall–Kier alpha value is -2.45. The van der Waals surface area contributed by atoms with Crippen LogP contribution in [0.15, 0.2) is 60.8 Å². The lowest BCUT2D eigenvalue weighted by Gasteiger charge is -2.20. The van der Waals surface area contributed by atoms with E-state index >= 15 is 0 Å². The molecule has 1 aliphatic carbocycles. The minimum Gasteiger partial charge on any atom is -0.462 e. The maximum Gasteiger partial charge on any atom is 0.472 e. The van der Waals surface area contributed by atoms with Crippen LogP contribution in [0.1, 0.15) is 136 Å².